The van der Waals surface area contributed by atoms with Gasteiger partial charge in [0.05, 0.1) is 0 Å². The Morgan fingerprint density at radius 2 is 0.741 bits per heavy atom. The molecule has 0 saturated carbocycles. The second-order valence-electron chi connectivity index (χ2n) is 14.5. The summed E-state index contributed by atoms with van der Waals surface area (Å²) in [5.74, 6) is 0. The minimum Gasteiger partial charge on any atom is -0.311 e. The van der Waals surface area contributed by atoms with Gasteiger partial charge in [0.25, 0.3) is 0 Å². The van der Waals surface area contributed by atoms with Gasteiger partial charge in [0.2, 0.25) is 0 Å². The molecule has 10 rings (SSSR count). The molecule has 0 unspecified atom stereocenters. The maximum Gasteiger partial charge on any atom is 0.181 e. The van der Waals surface area contributed by atoms with Gasteiger partial charge in [0.1, 0.15) is 0 Å². The first-order valence-corrected chi connectivity index (χ1v) is 22.6. The van der Waals surface area contributed by atoms with Gasteiger partial charge in [0.15, 0.2) is 8.07 Å². The van der Waals surface area contributed by atoms with E-state index in [4.69, 9.17) is 0 Å². The highest BCUT2D eigenvalue weighted by Crippen LogP contribution is 2.41. The van der Waals surface area contributed by atoms with Gasteiger partial charge in [-0.15, -0.1) is 11.3 Å². The maximum atomic E-state index is 2.49. The Hall–Kier alpha value is -6.98. The summed E-state index contributed by atoms with van der Waals surface area (Å²) in [5, 5.41) is 7.84. The van der Waals surface area contributed by atoms with Gasteiger partial charge in [-0.3, -0.25) is 0 Å². The van der Waals surface area contributed by atoms with Crippen molar-refractivity contribution in [3.63, 3.8) is 0 Å². The zero-order valence-corrected chi connectivity index (χ0v) is 33.7. The van der Waals surface area contributed by atoms with Gasteiger partial charge in [-0.05, 0) is 99.6 Å². The zero-order chi connectivity index (χ0) is 38.7. The average molecular weight is 777 g/mol. The number of para-hydroxylation sites is 4. The first kappa shape index (κ1) is 35.4. The van der Waals surface area contributed by atoms with Gasteiger partial charge in [-0.1, -0.05) is 164 Å². The molecule has 0 atom stereocenters. The van der Waals surface area contributed by atoms with Gasteiger partial charge in [-0.2, -0.15) is 0 Å². The zero-order valence-electron chi connectivity index (χ0n) is 31.9. The summed E-state index contributed by atoms with van der Waals surface area (Å²) in [4.78, 5) is 4.86. The lowest BCUT2D eigenvalue weighted by Crippen LogP contribution is -2.75. The Balaban J connectivity index is 1.27. The van der Waals surface area contributed by atoms with Crippen LogP contribution in [0.5, 0.6) is 0 Å². The van der Waals surface area contributed by atoms with Crippen LogP contribution in [0.4, 0.5) is 34.1 Å². The smallest absolute Gasteiger partial charge is 0.181 e. The van der Waals surface area contributed by atoms with Crippen molar-refractivity contribution < 1.29 is 0 Å². The van der Waals surface area contributed by atoms with Gasteiger partial charge in [0, 0.05) is 54.3 Å². The molecule has 4 heteroatoms. The molecule has 0 saturated heterocycles. The van der Waals surface area contributed by atoms with Crippen molar-refractivity contribution in [2.75, 3.05) is 9.80 Å². The molecule has 10 aromatic rings. The monoisotopic (exact) mass is 776 g/mol. The Kier molecular flexibility index (Phi) is 9.48. The van der Waals surface area contributed by atoms with Crippen LogP contribution in [-0.4, -0.2) is 8.07 Å². The second kappa shape index (κ2) is 15.5. The lowest BCUT2D eigenvalue weighted by molar-refractivity contribution is 1.29. The molecule has 0 aliphatic heterocycles. The fourth-order valence-electron chi connectivity index (χ4n) is 8.67. The third-order valence-electron chi connectivity index (χ3n) is 11.2. The molecule has 0 N–H and O–H groups in total. The van der Waals surface area contributed by atoms with Crippen LogP contribution in [0, 0.1) is 0 Å². The lowest BCUT2D eigenvalue weighted by Gasteiger charge is -2.39. The molecule has 0 bridgehead atoms. The Morgan fingerprint density at radius 3 is 1.36 bits per heavy atom. The van der Waals surface area contributed by atoms with Gasteiger partial charge < -0.3 is 9.80 Å². The highest BCUT2D eigenvalue weighted by molar-refractivity contribution is 7.25. The first-order valence-electron chi connectivity index (χ1n) is 19.8. The summed E-state index contributed by atoms with van der Waals surface area (Å²) in [5.41, 5.74) is 6.76. The number of nitrogens with zero attached hydrogens (tertiary/aromatic N) is 2. The van der Waals surface area contributed by atoms with Crippen LogP contribution < -0.4 is 30.5 Å². The SMILES string of the molecule is c1ccc(N(c2ccccc2)c2cccc([Si](c3ccccc3)(c3ccccc3)c3ccccc3N(c3ccccc3)c3ccc4sc5ccccc5c4c3)c2)cc1. The van der Waals surface area contributed by atoms with E-state index in [0.717, 1.165) is 28.4 Å². The van der Waals surface area contributed by atoms with Crippen LogP contribution in [0.15, 0.2) is 243 Å². The molecular formula is C54H40N2SSi. The second-order valence-corrected chi connectivity index (χ2v) is 19.4. The van der Waals surface area contributed by atoms with Crippen molar-refractivity contribution in [1.29, 1.82) is 0 Å². The fraction of sp³-hybridized carbons (Fsp3) is 0. The molecular weight excluding hydrogens is 737 g/mol. The van der Waals surface area contributed by atoms with Crippen LogP contribution in [0.25, 0.3) is 20.2 Å². The van der Waals surface area contributed by atoms with E-state index in [1.165, 1.54) is 46.6 Å². The summed E-state index contributed by atoms with van der Waals surface area (Å²) >= 11 is 1.86. The van der Waals surface area contributed by atoms with E-state index in [1.54, 1.807) is 0 Å². The quantitative estimate of drug-likeness (QED) is 0.101. The van der Waals surface area contributed by atoms with Gasteiger partial charge in [-0.25, -0.2) is 0 Å². The number of benzene rings is 9. The molecule has 0 aliphatic carbocycles. The Labute approximate surface area is 345 Å². The molecule has 0 spiro atoms. The Bertz CT molecular complexity index is 2870. The van der Waals surface area contributed by atoms with E-state index < -0.39 is 8.07 Å². The van der Waals surface area contributed by atoms with Crippen molar-refractivity contribution in [2.24, 2.45) is 0 Å². The summed E-state index contributed by atoms with van der Waals surface area (Å²) in [6.07, 6.45) is 0. The molecule has 0 aliphatic rings. The molecule has 2 nitrogen and oxygen atoms in total. The predicted molar refractivity (Wildman–Crippen MR) is 252 cm³/mol. The van der Waals surface area contributed by atoms with Crippen LogP contribution in [0.1, 0.15) is 0 Å². The molecule has 276 valence electrons. The highest BCUT2D eigenvalue weighted by Gasteiger charge is 2.44. The van der Waals surface area contributed by atoms with Crippen molar-refractivity contribution in [1.82, 2.24) is 0 Å². The number of rotatable bonds is 10. The summed E-state index contributed by atoms with van der Waals surface area (Å²) in [6, 6.07) is 89.0. The maximum absolute atomic E-state index is 3.10. The lowest BCUT2D eigenvalue weighted by atomic mass is 10.1. The number of fused-ring (bicyclic) bond motifs is 3. The molecule has 0 radical (unpaired) electrons. The van der Waals surface area contributed by atoms with Crippen molar-refractivity contribution >= 4 is 94.5 Å². The fourth-order valence-corrected chi connectivity index (χ4v) is 14.7. The standard InChI is InChI=1S/C54H40N2SSi/c1-6-21-41(22-7-1)55(42-23-8-2-9-24-42)44-27-20-32-48(39-44)58(46-28-12-4-13-29-46,47-30-14-5-15-31-47)54-36-19-17-34-51(54)56(43-25-10-3-11-26-43)45-37-38-53-50(40-45)49-33-16-18-35-52(49)57-53/h1-40H. The Morgan fingerprint density at radius 1 is 0.293 bits per heavy atom. The molecule has 1 heterocycles. The number of anilines is 6. The minimum absolute atomic E-state index is 1.12. The van der Waals surface area contributed by atoms with Crippen LogP contribution in [0.2, 0.25) is 0 Å². The predicted octanol–water partition coefficient (Wildman–Crippen LogP) is 12.4. The minimum atomic E-state index is -3.10. The largest absolute Gasteiger partial charge is 0.311 e. The third-order valence-corrected chi connectivity index (χ3v) is 17.1. The number of thiophene rings is 1. The van der Waals surface area contributed by atoms with E-state index in [9.17, 15) is 0 Å². The van der Waals surface area contributed by atoms with E-state index in [0.29, 0.717) is 0 Å². The van der Waals surface area contributed by atoms with Crippen LogP contribution >= 0.6 is 11.3 Å². The molecule has 0 fully saturated rings. The van der Waals surface area contributed by atoms with Crippen LogP contribution in [0.3, 0.4) is 0 Å². The van der Waals surface area contributed by atoms with E-state index >= 15 is 0 Å². The normalized spacial score (nSPS) is 11.4. The van der Waals surface area contributed by atoms with Gasteiger partial charge >= 0.3 is 0 Å². The number of hydrogen-bond donors (Lipinski definition) is 0. The highest BCUT2D eigenvalue weighted by atomic mass is 32.1. The first-order chi connectivity index (χ1) is 28.8. The van der Waals surface area contributed by atoms with E-state index in [-0.39, 0.29) is 0 Å². The van der Waals surface area contributed by atoms with E-state index in [1.807, 2.05) is 11.3 Å². The topological polar surface area (TPSA) is 6.48 Å². The third kappa shape index (κ3) is 6.29. The average Bonchev–Trinajstić information content (AvgIpc) is 3.68. The molecule has 9 aromatic carbocycles. The van der Waals surface area contributed by atoms with Crippen molar-refractivity contribution in [2.45, 2.75) is 0 Å². The van der Waals surface area contributed by atoms with Crippen molar-refractivity contribution in [3.8, 4) is 0 Å². The summed E-state index contributed by atoms with van der Waals surface area (Å²) in [6.45, 7) is 0. The summed E-state index contributed by atoms with van der Waals surface area (Å²) in [7, 11) is -3.10. The van der Waals surface area contributed by atoms with Crippen LogP contribution in [-0.2, 0) is 0 Å². The molecule has 0 amide bonds. The molecule has 58 heavy (non-hydrogen) atoms. The number of hydrogen-bond acceptors (Lipinski definition) is 3. The molecule has 1 aromatic heterocycles. The summed E-state index contributed by atoms with van der Waals surface area (Å²) < 4.78 is 2.60. The van der Waals surface area contributed by atoms with E-state index in [2.05, 4.69) is 252 Å². The van der Waals surface area contributed by atoms with Crippen molar-refractivity contribution in [3.05, 3.63) is 243 Å².